The highest BCUT2D eigenvalue weighted by molar-refractivity contribution is 6.30. The van der Waals surface area contributed by atoms with Crippen LogP contribution in [0.4, 0.5) is 5.82 Å². The van der Waals surface area contributed by atoms with Crippen molar-refractivity contribution in [3.05, 3.63) is 22.8 Å². The molecule has 2 unspecified atom stereocenters. The zero-order valence-electron chi connectivity index (χ0n) is 9.50. The Morgan fingerprint density at radius 2 is 2.25 bits per heavy atom. The van der Waals surface area contributed by atoms with Crippen LogP contribution in [-0.2, 0) is 0 Å². The first kappa shape index (κ1) is 11.6. The van der Waals surface area contributed by atoms with Gasteiger partial charge in [0.15, 0.2) is 0 Å². The third-order valence-electron chi connectivity index (χ3n) is 3.42. The molecule has 1 aromatic rings. The average molecular weight is 241 g/mol. The summed E-state index contributed by atoms with van der Waals surface area (Å²) in [5.41, 5.74) is 9.89. The minimum absolute atomic E-state index is 0.0289. The number of nitrogens with zero attached hydrogens (tertiary/aromatic N) is 1. The molecule has 0 radical (unpaired) electrons. The SMILES string of the molecule is CC1(C)CC1C(NN)c1cc(Cl)cnc1N. The molecule has 5 heteroatoms. The monoisotopic (exact) mass is 240 g/mol. The van der Waals surface area contributed by atoms with Crippen molar-refractivity contribution < 1.29 is 0 Å². The second-order valence-electron chi connectivity index (χ2n) is 5.07. The molecule has 2 rings (SSSR count). The van der Waals surface area contributed by atoms with E-state index in [0.717, 1.165) is 12.0 Å². The molecule has 0 amide bonds. The molecule has 0 aromatic carbocycles. The first-order chi connectivity index (χ1) is 7.45. The molecule has 16 heavy (non-hydrogen) atoms. The summed E-state index contributed by atoms with van der Waals surface area (Å²) < 4.78 is 0. The second-order valence-corrected chi connectivity index (χ2v) is 5.51. The minimum atomic E-state index is 0.0289. The van der Waals surface area contributed by atoms with Crippen molar-refractivity contribution in [1.29, 1.82) is 0 Å². The van der Waals surface area contributed by atoms with E-state index in [0.29, 0.717) is 22.2 Å². The van der Waals surface area contributed by atoms with Crippen LogP contribution in [0.15, 0.2) is 12.3 Å². The van der Waals surface area contributed by atoms with Gasteiger partial charge in [-0.15, -0.1) is 0 Å². The van der Waals surface area contributed by atoms with Crippen LogP contribution in [0, 0.1) is 11.3 Å². The average Bonchev–Trinajstić information content (AvgIpc) is 2.82. The van der Waals surface area contributed by atoms with Crippen LogP contribution < -0.4 is 17.0 Å². The lowest BCUT2D eigenvalue weighted by Gasteiger charge is -2.19. The highest BCUT2D eigenvalue weighted by atomic mass is 35.5. The van der Waals surface area contributed by atoms with Crippen LogP contribution in [0.5, 0.6) is 0 Å². The van der Waals surface area contributed by atoms with Crippen LogP contribution in [0.2, 0.25) is 5.02 Å². The topological polar surface area (TPSA) is 77.0 Å². The molecule has 2 atom stereocenters. The molecule has 1 saturated carbocycles. The van der Waals surface area contributed by atoms with Crippen LogP contribution in [0.1, 0.15) is 31.9 Å². The number of nitrogens with one attached hydrogen (secondary N) is 1. The minimum Gasteiger partial charge on any atom is -0.383 e. The molecule has 0 saturated heterocycles. The standard InChI is InChI=1S/C11H17ClN4/c1-11(2)4-8(11)9(16-14)7-3-6(12)5-15-10(7)13/h3,5,8-9,16H,4,14H2,1-2H3,(H2,13,15). The normalized spacial score (nSPS) is 24.1. The lowest BCUT2D eigenvalue weighted by Crippen LogP contribution is -2.31. The maximum absolute atomic E-state index is 5.93. The number of rotatable bonds is 3. The van der Waals surface area contributed by atoms with E-state index in [1.807, 2.05) is 6.07 Å². The summed E-state index contributed by atoms with van der Waals surface area (Å²) in [7, 11) is 0. The molecule has 0 aliphatic heterocycles. The van der Waals surface area contributed by atoms with Crippen molar-refractivity contribution >= 4 is 17.4 Å². The quantitative estimate of drug-likeness (QED) is 0.557. The Bertz CT molecular complexity index is 405. The van der Waals surface area contributed by atoms with E-state index in [1.54, 1.807) is 6.20 Å². The van der Waals surface area contributed by atoms with Gasteiger partial charge in [-0.2, -0.15) is 0 Å². The fourth-order valence-electron chi connectivity index (χ4n) is 2.21. The van der Waals surface area contributed by atoms with Gasteiger partial charge in [-0.25, -0.2) is 4.98 Å². The third-order valence-corrected chi connectivity index (χ3v) is 3.63. The fourth-order valence-corrected chi connectivity index (χ4v) is 2.38. The lowest BCUT2D eigenvalue weighted by molar-refractivity contribution is 0.423. The van der Waals surface area contributed by atoms with E-state index >= 15 is 0 Å². The van der Waals surface area contributed by atoms with Gasteiger partial charge in [0, 0.05) is 11.8 Å². The van der Waals surface area contributed by atoms with Gasteiger partial charge in [-0.3, -0.25) is 11.3 Å². The number of nitrogen functional groups attached to an aromatic ring is 1. The molecule has 1 fully saturated rings. The number of aromatic nitrogens is 1. The van der Waals surface area contributed by atoms with Crippen molar-refractivity contribution in [3.8, 4) is 0 Å². The lowest BCUT2D eigenvalue weighted by atomic mass is 9.98. The van der Waals surface area contributed by atoms with Crippen molar-refractivity contribution in [3.63, 3.8) is 0 Å². The van der Waals surface area contributed by atoms with Crippen molar-refractivity contribution in [2.45, 2.75) is 26.3 Å². The predicted molar refractivity (Wildman–Crippen MR) is 65.6 cm³/mol. The number of pyridine rings is 1. The summed E-state index contributed by atoms with van der Waals surface area (Å²) in [6, 6.07) is 1.87. The molecule has 1 aliphatic carbocycles. The van der Waals surface area contributed by atoms with Gasteiger partial charge >= 0.3 is 0 Å². The Kier molecular flexibility index (Phi) is 2.82. The van der Waals surface area contributed by atoms with Gasteiger partial charge in [-0.05, 0) is 23.8 Å². The Hall–Kier alpha value is -0.840. The Labute approximate surface area is 100 Å². The zero-order valence-corrected chi connectivity index (χ0v) is 10.3. The van der Waals surface area contributed by atoms with Crippen LogP contribution in [0.25, 0.3) is 0 Å². The number of nitrogens with two attached hydrogens (primary N) is 2. The molecule has 4 nitrogen and oxygen atoms in total. The van der Waals surface area contributed by atoms with E-state index in [1.165, 1.54) is 0 Å². The van der Waals surface area contributed by atoms with E-state index in [-0.39, 0.29) is 6.04 Å². The molecule has 1 heterocycles. The predicted octanol–water partition coefficient (Wildman–Crippen LogP) is 1.87. The highest BCUT2D eigenvalue weighted by Gasteiger charge is 2.50. The number of anilines is 1. The Balaban J connectivity index is 2.30. The third kappa shape index (κ3) is 2.00. The van der Waals surface area contributed by atoms with Crippen molar-refractivity contribution in [2.75, 3.05) is 5.73 Å². The Morgan fingerprint density at radius 1 is 1.62 bits per heavy atom. The molecule has 0 spiro atoms. The highest BCUT2D eigenvalue weighted by Crippen LogP contribution is 2.58. The summed E-state index contributed by atoms with van der Waals surface area (Å²) in [6.07, 6.45) is 2.68. The molecule has 1 aliphatic rings. The molecular formula is C11H17ClN4. The molecule has 0 bridgehead atoms. The first-order valence-electron chi connectivity index (χ1n) is 5.33. The van der Waals surface area contributed by atoms with E-state index in [2.05, 4.69) is 24.3 Å². The molecule has 1 aromatic heterocycles. The molecular weight excluding hydrogens is 224 g/mol. The summed E-state index contributed by atoms with van der Waals surface area (Å²) >= 11 is 5.93. The van der Waals surface area contributed by atoms with E-state index < -0.39 is 0 Å². The number of hydrogen-bond donors (Lipinski definition) is 3. The summed E-state index contributed by atoms with van der Waals surface area (Å²) in [5, 5.41) is 0.586. The van der Waals surface area contributed by atoms with Gasteiger partial charge in [0.05, 0.1) is 11.1 Å². The number of hydrazine groups is 1. The fraction of sp³-hybridized carbons (Fsp3) is 0.545. The number of hydrogen-bond acceptors (Lipinski definition) is 4. The van der Waals surface area contributed by atoms with E-state index in [4.69, 9.17) is 23.2 Å². The van der Waals surface area contributed by atoms with Gasteiger partial charge in [0.25, 0.3) is 0 Å². The van der Waals surface area contributed by atoms with Crippen LogP contribution >= 0.6 is 11.6 Å². The van der Waals surface area contributed by atoms with Gasteiger partial charge in [-0.1, -0.05) is 25.4 Å². The number of halogens is 1. The Morgan fingerprint density at radius 3 is 2.75 bits per heavy atom. The second kappa shape index (κ2) is 3.87. The molecule has 5 N–H and O–H groups in total. The largest absolute Gasteiger partial charge is 0.383 e. The van der Waals surface area contributed by atoms with Gasteiger partial charge in [0.1, 0.15) is 5.82 Å². The first-order valence-corrected chi connectivity index (χ1v) is 5.70. The van der Waals surface area contributed by atoms with Crippen LogP contribution in [-0.4, -0.2) is 4.98 Å². The van der Waals surface area contributed by atoms with Crippen molar-refractivity contribution in [1.82, 2.24) is 10.4 Å². The maximum Gasteiger partial charge on any atom is 0.128 e. The van der Waals surface area contributed by atoms with E-state index in [9.17, 15) is 0 Å². The summed E-state index contributed by atoms with van der Waals surface area (Å²) in [5.74, 6) is 6.59. The van der Waals surface area contributed by atoms with Gasteiger partial charge in [0.2, 0.25) is 0 Å². The summed E-state index contributed by atoms with van der Waals surface area (Å²) in [4.78, 5) is 4.06. The smallest absolute Gasteiger partial charge is 0.128 e. The molecule has 88 valence electrons. The van der Waals surface area contributed by atoms with Crippen molar-refractivity contribution in [2.24, 2.45) is 17.2 Å². The summed E-state index contributed by atoms with van der Waals surface area (Å²) in [6.45, 7) is 4.44. The zero-order chi connectivity index (χ0) is 11.9. The maximum atomic E-state index is 5.93. The van der Waals surface area contributed by atoms with Crippen LogP contribution in [0.3, 0.4) is 0 Å². The van der Waals surface area contributed by atoms with Gasteiger partial charge < -0.3 is 5.73 Å².